The van der Waals surface area contributed by atoms with Crippen molar-refractivity contribution in [3.05, 3.63) is 71.0 Å². The highest BCUT2D eigenvalue weighted by Gasteiger charge is 2.37. The van der Waals surface area contributed by atoms with Crippen LogP contribution in [0.15, 0.2) is 46.9 Å². The van der Waals surface area contributed by atoms with Crippen LogP contribution in [0.5, 0.6) is 11.7 Å². The van der Waals surface area contributed by atoms with Crippen molar-refractivity contribution in [2.75, 3.05) is 12.4 Å². The number of benzene rings is 2. The van der Waals surface area contributed by atoms with Crippen LogP contribution in [0.2, 0.25) is 0 Å². The molecule has 0 saturated carbocycles. The van der Waals surface area contributed by atoms with Gasteiger partial charge in [-0.25, -0.2) is 8.78 Å². The normalized spacial score (nSPS) is 18.3. The van der Waals surface area contributed by atoms with E-state index in [2.05, 4.69) is 25.2 Å². The van der Waals surface area contributed by atoms with E-state index in [0.29, 0.717) is 22.8 Å². The van der Waals surface area contributed by atoms with Crippen LogP contribution in [-0.2, 0) is 0 Å². The molecule has 6 heteroatoms. The molecule has 4 nitrogen and oxygen atoms in total. The summed E-state index contributed by atoms with van der Waals surface area (Å²) >= 11 is 0. The smallest absolute Gasteiger partial charge is 0.284 e. The van der Waals surface area contributed by atoms with E-state index in [0.717, 1.165) is 28.5 Å². The van der Waals surface area contributed by atoms with Gasteiger partial charge in [0.05, 0.1) is 12.6 Å². The highest BCUT2D eigenvalue weighted by molar-refractivity contribution is 5.90. The molecular weight excluding hydrogens is 388 g/mol. The van der Waals surface area contributed by atoms with Gasteiger partial charge in [-0.15, -0.1) is 0 Å². The Balaban J connectivity index is 1.82. The predicted octanol–water partition coefficient (Wildman–Crippen LogP) is 6.32. The lowest BCUT2D eigenvalue weighted by atomic mass is 9.81. The lowest BCUT2D eigenvalue weighted by Crippen LogP contribution is -2.32. The fourth-order valence-corrected chi connectivity index (χ4v) is 4.49. The highest BCUT2D eigenvalue weighted by Crippen LogP contribution is 2.51. The molecule has 1 aromatic heterocycles. The Kier molecular flexibility index (Phi) is 3.97. The van der Waals surface area contributed by atoms with E-state index in [4.69, 9.17) is 13.9 Å². The van der Waals surface area contributed by atoms with Gasteiger partial charge in [0.25, 0.3) is 5.95 Å². The van der Waals surface area contributed by atoms with Crippen molar-refractivity contribution >= 4 is 11.3 Å². The van der Waals surface area contributed by atoms with Crippen molar-refractivity contribution in [3.63, 3.8) is 0 Å². The molecule has 1 N–H and O–H groups in total. The SMILES string of the molecule is COc1ccc(C2Oc3c(F)cc(F)cc3-c3ccc4c(c32)C(C)=CC(C)(C)N4)o1. The largest absolute Gasteiger partial charge is 0.474 e. The van der Waals surface area contributed by atoms with Gasteiger partial charge in [0.2, 0.25) is 0 Å². The van der Waals surface area contributed by atoms with Gasteiger partial charge in [0.1, 0.15) is 5.82 Å². The summed E-state index contributed by atoms with van der Waals surface area (Å²) in [6.45, 7) is 6.21. The number of furan rings is 1. The van der Waals surface area contributed by atoms with E-state index >= 15 is 0 Å². The molecule has 30 heavy (non-hydrogen) atoms. The number of nitrogens with one attached hydrogen (secondary N) is 1. The lowest BCUT2D eigenvalue weighted by molar-refractivity contribution is 0.188. The molecule has 1 unspecified atom stereocenters. The fourth-order valence-electron chi connectivity index (χ4n) is 4.49. The third-order valence-corrected chi connectivity index (χ3v) is 5.53. The average molecular weight is 409 g/mol. The maximum absolute atomic E-state index is 14.7. The van der Waals surface area contributed by atoms with Gasteiger partial charge >= 0.3 is 0 Å². The number of anilines is 1. The molecule has 5 rings (SSSR count). The Hall–Kier alpha value is -3.28. The van der Waals surface area contributed by atoms with Crippen LogP contribution in [0.25, 0.3) is 16.7 Å². The maximum atomic E-state index is 14.7. The second-order valence-electron chi connectivity index (χ2n) is 8.25. The molecular formula is C24H21F2NO3. The van der Waals surface area contributed by atoms with Crippen LogP contribution in [0.1, 0.15) is 43.8 Å². The molecule has 0 bridgehead atoms. The van der Waals surface area contributed by atoms with Crippen molar-refractivity contribution in [1.29, 1.82) is 0 Å². The van der Waals surface area contributed by atoms with Gasteiger partial charge in [-0.05, 0) is 50.1 Å². The average Bonchev–Trinajstić information content (AvgIpc) is 3.15. The first-order valence-electron chi connectivity index (χ1n) is 9.72. The molecule has 2 aromatic carbocycles. The summed E-state index contributed by atoms with van der Waals surface area (Å²) in [5.41, 5.74) is 4.62. The zero-order chi connectivity index (χ0) is 21.2. The minimum absolute atomic E-state index is 0.00921. The van der Waals surface area contributed by atoms with Crippen molar-refractivity contribution in [1.82, 2.24) is 0 Å². The van der Waals surface area contributed by atoms with Crippen molar-refractivity contribution in [2.24, 2.45) is 0 Å². The summed E-state index contributed by atoms with van der Waals surface area (Å²) in [4.78, 5) is 0. The third-order valence-electron chi connectivity index (χ3n) is 5.53. The van der Waals surface area contributed by atoms with Crippen LogP contribution < -0.4 is 14.8 Å². The molecule has 2 aliphatic heterocycles. The first-order valence-corrected chi connectivity index (χ1v) is 9.72. The number of rotatable bonds is 2. The minimum Gasteiger partial charge on any atom is -0.474 e. The molecule has 0 saturated heterocycles. The van der Waals surface area contributed by atoms with Crippen LogP contribution in [0, 0.1) is 11.6 Å². The number of halogens is 2. The second kappa shape index (κ2) is 6.36. The number of ether oxygens (including phenoxy) is 2. The molecule has 0 fully saturated rings. The van der Waals surface area contributed by atoms with Gasteiger partial charge in [0.15, 0.2) is 23.4 Å². The zero-order valence-electron chi connectivity index (χ0n) is 17.1. The Morgan fingerprint density at radius 1 is 1.07 bits per heavy atom. The topological polar surface area (TPSA) is 43.6 Å². The van der Waals surface area contributed by atoms with Gasteiger partial charge in [-0.3, -0.25) is 0 Å². The Morgan fingerprint density at radius 2 is 1.87 bits per heavy atom. The molecule has 0 amide bonds. The zero-order valence-corrected chi connectivity index (χ0v) is 17.1. The van der Waals surface area contributed by atoms with Gasteiger partial charge in [-0.2, -0.15) is 0 Å². The number of allylic oxidation sites excluding steroid dienone is 1. The molecule has 1 atom stereocenters. The predicted molar refractivity (Wildman–Crippen MR) is 111 cm³/mol. The van der Waals surface area contributed by atoms with Crippen LogP contribution in [0.3, 0.4) is 0 Å². The molecule has 0 aliphatic carbocycles. The molecule has 0 spiro atoms. The van der Waals surface area contributed by atoms with Crippen molar-refractivity contribution in [2.45, 2.75) is 32.4 Å². The highest BCUT2D eigenvalue weighted by atomic mass is 19.1. The van der Waals surface area contributed by atoms with Crippen LogP contribution >= 0.6 is 0 Å². The number of fused-ring (bicyclic) bond motifs is 5. The van der Waals surface area contributed by atoms with Crippen molar-refractivity contribution in [3.8, 4) is 22.8 Å². The molecule has 3 aromatic rings. The molecule has 0 radical (unpaired) electrons. The molecule has 2 aliphatic rings. The van der Waals surface area contributed by atoms with E-state index in [1.807, 2.05) is 19.1 Å². The van der Waals surface area contributed by atoms with E-state index < -0.39 is 17.7 Å². The first kappa shape index (κ1) is 18.7. The molecule has 154 valence electrons. The summed E-state index contributed by atoms with van der Waals surface area (Å²) in [6, 6.07) is 9.40. The van der Waals surface area contributed by atoms with Gasteiger partial charge < -0.3 is 19.2 Å². The van der Waals surface area contributed by atoms with Gasteiger partial charge in [-0.1, -0.05) is 12.1 Å². The van der Waals surface area contributed by atoms with Crippen LogP contribution in [0.4, 0.5) is 14.5 Å². The summed E-state index contributed by atoms with van der Waals surface area (Å²) in [5, 5.41) is 3.52. The summed E-state index contributed by atoms with van der Waals surface area (Å²) < 4.78 is 45.8. The van der Waals surface area contributed by atoms with E-state index in [9.17, 15) is 8.78 Å². The Labute approximate surface area is 173 Å². The fraction of sp³-hybridized carbons (Fsp3) is 0.250. The summed E-state index contributed by atoms with van der Waals surface area (Å²) in [5.74, 6) is -0.577. The molecule has 3 heterocycles. The monoisotopic (exact) mass is 409 g/mol. The minimum atomic E-state index is -0.747. The van der Waals surface area contributed by atoms with Gasteiger partial charge in [0, 0.05) is 34.5 Å². The number of methoxy groups -OCH3 is 1. The van der Waals surface area contributed by atoms with E-state index in [-0.39, 0.29) is 11.3 Å². The quantitative estimate of drug-likeness (QED) is 0.538. The lowest BCUT2D eigenvalue weighted by Gasteiger charge is -2.36. The van der Waals surface area contributed by atoms with Crippen LogP contribution in [-0.4, -0.2) is 12.6 Å². The number of hydrogen-bond donors (Lipinski definition) is 1. The third kappa shape index (κ3) is 2.78. The first-order chi connectivity index (χ1) is 14.3. The number of hydrogen-bond acceptors (Lipinski definition) is 4. The van der Waals surface area contributed by atoms with E-state index in [1.54, 1.807) is 12.1 Å². The summed E-state index contributed by atoms with van der Waals surface area (Å²) in [7, 11) is 1.51. The Bertz CT molecular complexity index is 1210. The van der Waals surface area contributed by atoms with Crippen molar-refractivity contribution < 1.29 is 22.7 Å². The Morgan fingerprint density at radius 3 is 2.60 bits per heavy atom. The maximum Gasteiger partial charge on any atom is 0.284 e. The van der Waals surface area contributed by atoms with E-state index in [1.165, 1.54) is 13.2 Å². The standard InChI is InChI=1S/C24H21F2NO3/c1-12-11-24(2,3)27-17-6-5-14-15-9-13(25)10-16(26)22(15)30-23(21(14)20(12)17)18-7-8-19(28-4)29-18/h5-11,23,27H,1-4H3. The second-order valence-corrected chi connectivity index (χ2v) is 8.25. The summed E-state index contributed by atoms with van der Waals surface area (Å²) in [6.07, 6.45) is 1.43.